The molecule has 1 aromatic rings. The third-order valence-corrected chi connectivity index (χ3v) is 2.55. The van der Waals surface area contributed by atoms with Crippen LogP contribution in [0.5, 0.6) is 0 Å². The van der Waals surface area contributed by atoms with Crippen LogP contribution in [0.4, 0.5) is 0 Å². The van der Waals surface area contributed by atoms with Crippen molar-refractivity contribution >= 4 is 35.1 Å². The van der Waals surface area contributed by atoms with Crippen molar-refractivity contribution in [2.45, 2.75) is 6.92 Å². The van der Waals surface area contributed by atoms with E-state index >= 15 is 0 Å². The Morgan fingerprint density at radius 3 is 2.29 bits per heavy atom. The fraction of sp³-hybridized carbons (Fsp3) is 0.273. The van der Waals surface area contributed by atoms with E-state index in [0.29, 0.717) is 15.6 Å². The van der Waals surface area contributed by atoms with Gasteiger partial charge >= 0.3 is 5.97 Å². The number of rotatable bonds is 4. The van der Waals surface area contributed by atoms with E-state index in [-0.39, 0.29) is 6.54 Å². The van der Waals surface area contributed by atoms with Gasteiger partial charge in [-0.3, -0.25) is 9.59 Å². The standard InChI is InChI=1S/C11H11Cl2NO3/c1-6(11(16)17)5-14-10(15)7-2-8(12)4-9(13)3-7/h2-4,6H,5H2,1H3,(H,14,15)(H,16,17). The van der Waals surface area contributed by atoms with Gasteiger partial charge in [0.1, 0.15) is 0 Å². The summed E-state index contributed by atoms with van der Waals surface area (Å²) in [5.74, 6) is -2.01. The Hall–Kier alpha value is -1.26. The van der Waals surface area contributed by atoms with Crippen molar-refractivity contribution in [1.29, 1.82) is 0 Å². The monoisotopic (exact) mass is 275 g/mol. The molecule has 0 radical (unpaired) electrons. The van der Waals surface area contributed by atoms with Gasteiger partial charge in [-0.05, 0) is 18.2 Å². The molecule has 0 fully saturated rings. The van der Waals surface area contributed by atoms with Crippen LogP contribution in [0.2, 0.25) is 10.0 Å². The quantitative estimate of drug-likeness (QED) is 0.887. The van der Waals surface area contributed by atoms with Gasteiger partial charge in [-0.15, -0.1) is 0 Å². The molecule has 0 aliphatic carbocycles. The highest BCUT2D eigenvalue weighted by atomic mass is 35.5. The van der Waals surface area contributed by atoms with Crippen molar-refractivity contribution in [3.63, 3.8) is 0 Å². The molecule has 0 aromatic heterocycles. The molecule has 17 heavy (non-hydrogen) atoms. The van der Waals surface area contributed by atoms with E-state index in [0.717, 1.165) is 0 Å². The van der Waals surface area contributed by atoms with Crippen molar-refractivity contribution in [3.8, 4) is 0 Å². The maximum atomic E-state index is 11.7. The van der Waals surface area contributed by atoms with Gasteiger partial charge in [0.05, 0.1) is 5.92 Å². The lowest BCUT2D eigenvalue weighted by Gasteiger charge is -2.08. The number of halogens is 2. The molecule has 1 unspecified atom stereocenters. The summed E-state index contributed by atoms with van der Waals surface area (Å²) >= 11 is 11.5. The second-order valence-electron chi connectivity index (χ2n) is 3.61. The van der Waals surface area contributed by atoms with Crippen molar-refractivity contribution in [2.24, 2.45) is 5.92 Å². The van der Waals surface area contributed by atoms with Crippen molar-refractivity contribution in [3.05, 3.63) is 33.8 Å². The molecular weight excluding hydrogens is 265 g/mol. The third kappa shape index (κ3) is 4.24. The normalized spacial score (nSPS) is 11.9. The van der Waals surface area contributed by atoms with Gasteiger partial charge in [0.25, 0.3) is 5.91 Å². The number of amides is 1. The fourth-order valence-corrected chi connectivity index (χ4v) is 1.65. The van der Waals surface area contributed by atoms with E-state index in [9.17, 15) is 9.59 Å². The van der Waals surface area contributed by atoms with Crippen LogP contribution in [-0.4, -0.2) is 23.5 Å². The zero-order valence-electron chi connectivity index (χ0n) is 9.04. The SMILES string of the molecule is CC(CNC(=O)c1cc(Cl)cc(Cl)c1)C(=O)O. The van der Waals surface area contributed by atoms with Crippen LogP contribution in [0.1, 0.15) is 17.3 Å². The van der Waals surface area contributed by atoms with Crippen LogP contribution in [-0.2, 0) is 4.79 Å². The fourth-order valence-electron chi connectivity index (χ4n) is 1.12. The Kier molecular flexibility index (Phi) is 4.78. The van der Waals surface area contributed by atoms with E-state index in [2.05, 4.69) is 5.32 Å². The maximum Gasteiger partial charge on any atom is 0.308 e. The van der Waals surface area contributed by atoms with Crippen molar-refractivity contribution < 1.29 is 14.7 Å². The first-order valence-electron chi connectivity index (χ1n) is 4.87. The first kappa shape index (κ1) is 13.8. The molecule has 0 saturated heterocycles. The van der Waals surface area contributed by atoms with Gasteiger partial charge < -0.3 is 10.4 Å². The lowest BCUT2D eigenvalue weighted by molar-refractivity contribution is -0.140. The Morgan fingerprint density at radius 2 is 1.82 bits per heavy atom. The Morgan fingerprint density at radius 1 is 1.29 bits per heavy atom. The summed E-state index contributed by atoms with van der Waals surface area (Å²) in [6.07, 6.45) is 0. The second kappa shape index (κ2) is 5.89. The van der Waals surface area contributed by atoms with Gasteiger partial charge in [0.15, 0.2) is 0 Å². The predicted octanol–water partition coefficient (Wildman–Crippen LogP) is 2.44. The Labute approximate surface area is 109 Å². The third-order valence-electron chi connectivity index (χ3n) is 2.12. The van der Waals surface area contributed by atoms with Crippen molar-refractivity contribution in [2.75, 3.05) is 6.54 Å². The first-order valence-corrected chi connectivity index (χ1v) is 5.63. The largest absolute Gasteiger partial charge is 0.481 e. The molecule has 0 spiro atoms. The van der Waals surface area contributed by atoms with Crippen LogP contribution in [0.25, 0.3) is 0 Å². The first-order chi connectivity index (χ1) is 7.90. The smallest absolute Gasteiger partial charge is 0.308 e. The van der Waals surface area contributed by atoms with E-state index in [4.69, 9.17) is 28.3 Å². The molecule has 0 aliphatic rings. The topological polar surface area (TPSA) is 66.4 Å². The van der Waals surface area contributed by atoms with Crippen LogP contribution >= 0.6 is 23.2 Å². The van der Waals surface area contributed by atoms with Crippen molar-refractivity contribution in [1.82, 2.24) is 5.32 Å². The van der Waals surface area contributed by atoms with Gasteiger partial charge in [-0.1, -0.05) is 30.1 Å². The van der Waals surface area contributed by atoms with Crippen LogP contribution in [0.15, 0.2) is 18.2 Å². The Balaban J connectivity index is 2.67. The number of carbonyl (C=O) groups is 2. The molecule has 2 N–H and O–H groups in total. The van der Waals surface area contributed by atoms with E-state index in [1.807, 2.05) is 0 Å². The molecule has 1 atom stereocenters. The average Bonchev–Trinajstić information content (AvgIpc) is 2.23. The van der Waals surface area contributed by atoms with Gasteiger partial charge in [0, 0.05) is 22.2 Å². The number of hydrogen-bond acceptors (Lipinski definition) is 2. The van der Waals surface area contributed by atoms with Gasteiger partial charge in [-0.25, -0.2) is 0 Å². The predicted molar refractivity (Wildman–Crippen MR) is 65.6 cm³/mol. The zero-order valence-corrected chi connectivity index (χ0v) is 10.5. The van der Waals surface area contributed by atoms with Gasteiger partial charge in [0.2, 0.25) is 0 Å². The lowest BCUT2D eigenvalue weighted by Crippen LogP contribution is -2.31. The zero-order chi connectivity index (χ0) is 13.0. The molecule has 0 bridgehead atoms. The summed E-state index contributed by atoms with van der Waals surface area (Å²) in [5, 5.41) is 11.9. The Bertz CT molecular complexity index is 428. The van der Waals surface area contributed by atoms with Crippen LogP contribution in [0.3, 0.4) is 0 Å². The number of hydrogen-bond donors (Lipinski definition) is 2. The molecule has 4 nitrogen and oxygen atoms in total. The second-order valence-corrected chi connectivity index (χ2v) is 4.48. The minimum absolute atomic E-state index is 0.0539. The average molecular weight is 276 g/mol. The number of benzene rings is 1. The number of carboxylic acids is 1. The summed E-state index contributed by atoms with van der Waals surface area (Å²) in [6, 6.07) is 4.45. The highest BCUT2D eigenvalue weighted by molar-refractivity contribution is 6.35. The molecule has 1 rings (SSSR count). The molecule has 6 heteroatoms. The van der Waals surface area contributed by atoms with Gasteiger partial charge in [-0.2, -0.15) is 0 Å². The molecule has 1 aromatic carbocycles. The number of nitrogens with one attached hydrogen (secondary N) is 1. The molecule has 0 aliphatic heterocycles. The van der Waals surface area contributed by atoms with E-state index in [1.165, 1.54) is 25.1 Å². The number of carbonyl (C=O) groups excluding carboxylic acids is 1. The molecule has 0 heterocycles. The molecule has 92 valence electrons. The van der Waals surface area contributed by atoms with Crippen LogP contribution in [0, 0.1) is 5.92 Å². The lowest BCUT2D eigenvalue weighted by atomic mass is 10.1. The minimum atomic E-state index is -0.963. The van der Waals surface area contributed by atoms with E-state index in [1.54, 1.807) is 0 Å². The van der Waals surface area contributed by atoms with Crippen LogP contribution < -0.4 is 5.32 Å². The molecular formula is C11H11Cl2NO3. The minimum Gasteiger partial charge on any atom is -0.481 e. The highest BCUT2D eigenvalue weighted by Gasteiger charge is 2.13. The summed E-state index contributed by atoms with van der Waals surface area (Å²) in [7, 11) is 0. The highest BCUT2D eigenvalue weighted by Crippen LogP contribution is 2.18. The molecule has 1 amide bonds. The number of carboxylic acid groups (broad SMARTS) is 1. The molecule has 0 saturated carbocycles. The summed E-state index contributed by atoms with van der Waals surface area (Å²) in [5.41, 5.74) is 0.306. The summed E-state index contributed by atoms with van der Waals surface area (Å²) < 4.78 is 0. The summed E-state index contributed by atoms with van der Waals surface area (Å²) in [4.78, 5) is 22.2. The maximum absolute atomic E-state index is 11.7. The van der Waals surface area contributed by atoms with E-state index < -0.39 is 17.8 Å². The number of aliphatic carboxylic acids is 1. The summed E-state index contributed by atoms with van der Waals surface area (Å²) in [6.45, 7) is 1.56.